The number of aromatic nitrogens is 3. The number of carbonyl (C=O) groups excluding carboxylic acids is 1. The van der Waals surface area contributed by atoms with Gasteiger partial charge < -0.3 is 10.1 Å². The molecule has 2 aromatic heterocycles. The number of hydrogen-bond donors (Lipinski definition) is 1. The Morgan fingerprint density at radius 1 is 1.40 bits per heavy atom. The lowest BCUT2D eigenvalue weighted by atomic mass is 10.1. The normalized spacial score (nSPS) is 21.9. The zero-order chi connectivity index (χ0) is 13.9. The highest BCUT2D eigenvalue weighted by Gasteiger charge is 2.33. The van der Waals surface area contributed by atoms with Crippen molar-refractivity contribution in [2.24, 2.45) is 7.05 Å². The average molecular weight is 272 g/mol. The molecule has 0 aliphatic carbocycles. The number of hydrogen-bond acceptors (Lipinski definition) is 4. The van der Waals surface area contributed by atoms with Crippen molar-refractivity contribution >= 4 is 5.91 Å². The molecule has 0 unspecified atom stereocenters. The van der Waals surface area contributed by atoms with Crippen LogP contribution in [0.4, 0.5) is 0 Å². The summed E-state index contributed by atoms with van der Waals surface area (Å²) in [5, 5.41) is 7.14. The summed E-state index contributed by atoms with van der Waals surface area (Å²) in [5.74, 6) is -0.173. The van der Waals surface area contributed by atoms with Gasteiger partial charge in [0.25, 0.3) is 5.91 Å². The monoisotopic (exact) mass is 272 g/mol. The number of carbonyl (C=O) groups is 1. The van der Waals surface area contributed by atoms with E-state index < -0.39 is 0 Å². The smallest absolute Gasteiger partial charge is 0.270 e. The number of amides is 1. The predicted octanol–water partition coefficient (Wildman–Crippen LogP) is 1.08. The highest BCUT2D eigenvalue weighted by atomic mass is 16.5. The molecule has 1 fully saturated rings. The molecule has 3 heterocycles. The van der Waals surface area contributed by atoms with Gasteiger partial charge in [-0.1, -0.05) is 6.07 Å². The van der Waals surface area contributed by atoms with Crippen LogP contribution >= 0.6 is 0 Å². The van der Waals surface area contributed by atoms with Crippen LogP contribution in [0, 0.1) is 0 Å². The van der Waals surface area contributed by atoms with Crippen LogP contribution in [-0.4, -0.2) is 33.3 Å². The molecule has 1 saturated heterocycles. The van der Waals surface area contributed by atoms with Gasteiger partial charge in [-0.15, -0.1) is 0 Å². The van der Waals surface area contributed by atoms with E-state index in [1.165, 1.54) is 0 Å². The topological polar surface area (TPSA) is 69.0 Å². The quantitative estimate of drug-likeness (QED) is 0.907. The molecular weight excluding hydrogens is 256 g/mol. The van der Waals surface area contributed by atoms with Gasteiger partial charge in [0, 0.05) is 26.0 Å². The van der Waals surface area contributed by atoms with E-state index in [0.717, 1.165) is 12.1 Å². The molecule has 1 N–H and O–H groups in total. The molecule has 6 nitrogen and oxygen atoms in total. The molecule has 0 spiro atoms. The molecule has 20 heavy (non-hydrogen) atoms. The number of nitrogens with zero attached hydrogens (tertiary/aromatic N) is 3. The molecule has 2 aromatic rings. The maximum absolute atomic E-state index is 12.1. The Bertz CT molecular complexity index is 596. The van der Waals surface area contributed by atoms with Crippen LogP contribution in [0.3, 0.4) is 0 Å². The van der Waals surface area contributed by atoms with Gasteiger partial charge in [-0.25, -0.2) is 0 Å². The van der Waals surface area contributed by atoms with Crippen LogP contribution < -0.4 is 5.32 Å². The SMILES string of the molecule is Cn1nccc1[C@H]1OCC[C@@H]1NC(=O)c1ccccn1. The predicted molar refractivity (Wildman–Crippen MR) is 72.0 cm³/mol. The van der Waals surface area contributed by atoms with Crippen molar-refractivity contribution in [2.45, 2.75) is 18.6 Å². The van der Waals surface area contributed by atoms with E-state index in [0.29, 0.717) is 12.3 Å². The van der Waals surface area contributed by atoms with Crippen molar-refractivity contribution in [3.8, 4) is 0 Å². The first-order valence-corrected chi connectivity index (χ1v) is 6.57. The van der Waals surface area contributed by atoms with Gasteiger partial charge in [0.1, 0.15) is 11.8 Å². The van der Waals surface area contributed by atoms with E-state index in [1.54, 1.807) is 35.3 Å². The van der Waals surface area contributed by atoms with Crippen molar-refractivity contribution < 1.29 is 9.53 Å². The summed E-state index contributed by atoms with van der Waals surface area (Å²) < 4.78 is 7.51. The minimum Gasteiger partial charge on any atom is -0.370 e. The van der Waals surface area contributed by atoms with E-state index in [2.05, 4.69) is 15.4 Å². The summed E-state index contributed by atoms with van der Waals surface area (Å²) in [4.78, 5) is 16.2. The average Bonchev–Trinajstić information content (AvgIpc) is 3.08. The van der Waals surface area contributed by atoms with E-state index in [9.17, 15) is 4.79 Å². The summed E-state index contributed by atoms with van der Waals surface area (Å²) >= 11 is 0. The van der Waals surface area contributed by atoms with Gasteiger partial charge in [0.2, 0.25) is 0 Å². The lowest BCUT2D eigenvalue weighted by Crippen LogP contribution is -2.37. The van der Waals surface area contributed by atoms with Crippen LogP contribution in [0.5, 0.6) is 0 Å². The largest absolute Gasteiger partial charge is 0.370 e. The van der Waals surface area contributed by atoms with Crippen molar-refractivity contribution in [2.75, 3.05) is 6.61 Å². The van der Waals surface area contributed by atoms with E-state index >= 15 is 0 Å². The minimum atomic E-state index is -0.173. The Balaban J connectivity index is 1.74. The molecular formula is C14H16N4O2. The molecule has 3 rings (SSSR count). The second kappa shape index (κ2) is 5.42. The second-order valence-electron chi connectivity index (χ2n) is 4.75. The fourth-order valence-corrected chi connectivity index (χ4v) is 2.43. The summed E-state index contributed by atoms with van der Waals surface area (Å²) in [7, 11) is 1.87. The van der Waals surface area contributed by atoms with Gasteiger partial charge >= 0.3 is 0 Å². The highest BCUT2D eigenvalue weighted by molar-refractivity contribution is 5.92. The molecule has 0 radical (unpaired) electrons. The third-order valence-electron chi connectivity index (χ3n) is 3.46. The number of rotatable bonds is 3. The first kappa shape index (κ1) is 12.8. The molecule has 2 atom stereocenters. The standard InChI is InChI=1S/C14H16N4O2/c1-18-12(5-8-16-18)13-10(6-9-20-13)17-14(19)11-4-2-3-7-15-11/h2-5,7-8,10,13H,6,9H2,1H3,(H,17,19)/t10-,13-/m0/s1. The van der Waals surface area contributed by atoms with Crippen molar-refractivity contribution in [3.63, 3.8) is 0 Å². The Kier molecular flexibility index (Phi) is 3.47. The van der Waals surface area contributed by atoms with Gasteiger partial charge in [-0.2, -0.15) is 5.10 Å². The van der Waals surface area contributed by atoms with Gasteiger partial charge in [0.15, 0.2) is 0 Å². The fraction of sp³-hybridized carbons (Fsp3) is 0.357. The zero-order valence-electron chi connectivity index (χ0n) is 11.2. The molecule has 0 aromatic carbocycles. The Morgan fingerprint density at radius 2 is 2.30 bits per heavy atom. The van der Waals surface area contributed by atoms with Crippen LogP contribution in [0.1, 0.15) is 28.7 Å². The first-order chi connectivity index (χ1) is 9.75. The Morgan fingerprint density at radius 3 is 3.00 bits per heavy atom. The molecule has 1 amide bonds. The number of nitrogens with one attached hydrogen (secondary N) is 1. The lowest BCUT2D eigenvalue weighted by Gasteiger charge is -2.19. The zero-order valence-corrected chi connectivity index (χ0v) is 11.2. The molecule has 6 heteroatoms. The first-order valence-electron chi connectivity index (χ1n) is 6.57. The second-order valence-corrected chi connectivity index (χ2v) is 4.75. The third-order valence-corrected chi connectivity index (χ3v) is 3.46. The van der Waals surface area contributed by atoms with Crippen LogP contribution in [0.25, 0.3) is 0 Å². The minimum absolute atomic E-state index is 0.0556. The highest BCUT2D eigenvalue weighted by Crippen LogP contribution is 2.28. The summed E-state index contributed by atoms with van der Waals surface area (Å²) in [6.45, 7) is 0.628. The van der Waals surface area contributed by atoms with Gasteiger partial charge in [-0.3, -0.25) is 14.5 Å². The fourth-order valence-electron chi connectivity index (χ4n) is 2.43. The maximum atomic E-state index is 12.1. The molecule has 1 aliphatic rings. The summed E-state index contributed by atoms with van der Waals surface area (Å²) in [5.41, 5.74) is 1.39. The third kappa shape index (κ3) is 2.42. The van der Waals surface area contributed by atoms with Crippen molar-refractivity contribution in [1.82, 2.24) is 20.1 Å². The van der Waals surface area contributed by atoms with Gasteiger partial charge in [0.05, 0.1) is 11.7 Å². The lowest BCUT2D eigenvalue weighted by molar-refractivity contribution is 0.0789. The number of pyridine rings is 1. The van der Waals surface area contributed by atoms with Crippen molar-refractivity contribution in [3.05, 3.63) is 48.0 Å². The van der Waals surface area contributed by atoms with Gasteiger partial charge in [-0.05, 0) is 24.6 Å². The molecule has 0 bridgehead atoms. The maximum Gasteiger partial charge on any atom is 0.270 e. The van der Waals surface area contributed by atoms with Crippen molar-refractivity contribution in [1.29, 1.82) is 0 Å². The molecule has 1 aliphatic heterocycles. The summed E-state index contributed by atoms with van der Waals surface area (Å²) in [6.07, 6.45) is 3.97. The molecule has 0 saturated carbocycles. The van der Waals surface area contributed by atoms with E-state index in [1.807, 2.05) is 13.1 Å². The van der Waals surface area contributed by atoms with E-state index in [4.69, 9.17) is 4.74 Å². The Labute approximate surface area is 116 Å². The van der Waals surface area contributed by atoms with Crippen LogP contribution in [0.15, 0.2) is 36.7 Å². The van der Waals surface area contributed by atoms with E-state index in [-0.39, 0.29) is 18.1 Å². The summed E-state index contributed by atoms with van der Waals surface area (Å²) in [6, 6.07) is 7.14. The Hall–Kier alpha value is -2.21. The van der Waals surface area contributed by atoms with Crippen LogP contribution in [0.2, 0.25) is 0 Å². The van der Waals surface area contributed by atoms with Crippen LogP contribution in [-0.2, 0) is 11.8 Å². The number of ether oxygens (including phenoxy) is 1. The number of aryl methyl sites for hydroxylation is 1. The molecule has 104 valence electrons.